The lowest BCUT2D eigenvalue weighted by atomic mass is 10.2. The van der Waals surface area contributed by atoms with Crippen LogP contribution in [0.15, 0.2) is 78.9 Å². The van der Waals surface area contributed by atoms with E-state index in [1.54, 1.807) is 0 Å². The zero-order valence-electron chi connectivity index (χ0n) is 19.0. The average Bonchev–Trinajstić information content (AvgIpc) is 3.35. The number of nitrogens with one attached hydrogen (secondary N) is 3. The van der Waals surface area contributed by atoms with Crippen LogP contribution in [0.5, 0.6) is 0 Å². The maximum Gasteiger partial charge on any atom is 0.233 e. The van der Waals surface area contributed by atoms with E-state index in [1.165, 1.54) is 0 Å². The molecule has 3 aromatic carbocycles. The van der Waals surface area contributed by atoms with Gasteiger partial charge in [-0.05, 0) is 48.5 Å². The topological polar surface area (TPSA) is 104 Å². The van der Waals surface area contributed by atoms with E-state index < -0.39 is 0 Å². The number of morpholine rings is 1. The zero-order valence-corrected chi connectivity index (χ0v) is 19.0. The van der Waals surface area contributed by atoms with Gasteiger partial charge in [0.2, 0.25) is 17.8 Å². The second-order valence-corrected chi connectivity index (χ2v) is 8.18. The van der Waals surface area contributed by atoms with E-state index >= 15 is 0 Å². The summed E-state index contributed by atoms with van der Waals surface area (Å²) in [4.78, 5) is 24.1. The van der Waals surface area contributed by atoms with Crippen molar-refractivity contribution in [3.63, 3.8) is 0 Å². The van der Waals surface area contributed by atoms with E-state index in [9.17, 15) is 0 Å². The highest BCUT2D eigenvalue weighted by molar-refractivity contribution is 5.79. The molecule has 0 radical (unpaired) electrons. The third-order valence-electron chi connectivity index (χ3n) is 5.75. The summed E-state index contributed by atoms with van der Waals surface area (Å²) in [5, 5.41) is 6.60. The molecule has 35 heavy (non-hydrogen) atoms. The number of hydrogen-bond donors (Lipinski definition) is 3. The van der Waals surface area contributed by atoms with Gasteiger partial charge in [0.05, 0.1) is 24.2 Å². The van der Waals surface area contributed by atoms with Gasteiger partial charge in [-0.15, -0.1) is 0 Å². The predicted molar refractivity (Wildman–Crippen MR) is 137 cm³/mol. The number of rotatable bonds is 6. The Kier molecular flexibility index (Phi) is 5.65. The minimum Gasteiger partial charge on any atom is -0.378 e. The molecule has 3 N–H and O–H groups in total. The second kappa shape index (κ2) is 9.40. The maximum absolute atomic E-state index is 5.49. The summed E-state index contributed by atoms with van der Waals surface area (Å²) in [6.07, 6.45) is 0. The molecule has 6 rings (SSSR count). The molecule has 2 aromatic heterocycles. The first-order chi connectivity index (χ1) is 17.3. The molecule has 0 bridgehead atoms. The Labute approximate surface area is 202 Å². The van der Waals surface area contributed by atoms with Gasteiger partial charge in [-0.25, -0.2) is 4.98 Å². The van der Waals surface area contributed by atoms with Gasteiger partial charge in [-0.1, -0.05) is 30.3 Å². The van der Waals surface area contributed by atoms with Gasteiger partial charge in [-0.2, -0.15) is 15.0 Å². The Morgan fingerprint density at radius 1 is 0.686 bits per heavy atom. The van der Waals surface area contributed by atoms with Crippen LogP contribution in [0.4, 0.5) is 29.2 Å². The number of para-hydroxylation sites is 3. The predicted octanol–water partition coefficient (Wildman–Crippen LogP) is 4.74. The molecular weight excluding hydrogens is 440 g/mol. The van der Waals surface area contributed by atoms with Gasteiger partial charge in [0.25, 0.3) is 0 Å². The molecule has 174 valence electrons. The smallest absolute Gasteiger partial charge is 0.233 e. The van der Waals surface area contributed by atoms with Crippen LogP contribution in [0.3, 0.4) is 0 Å². The van der Waals surface area contributed by atoms with Crippen LogP contribution >= 0.6 is 0 Å². The highest BCUT2D eigenvalue weighted by Crippen LogP contribution is 2.24. The van der Waals surface area contributed by atoms with E-state index in [4.69, 9.17) is 4.74 Å². The molecule has 0 unspecified atom stereocenters. The van der Waals surface area contributed by atoms with Crippen molar-refractivity contribution in [1.82, 2.24) is 24.9 Å². The van der Waals surface area contributed by atoms with Gasteiger partial charge in [0, 0.05) is 30.0 Å². The first kappa shape index (κ1) is 21.1. The number of aromatic nitrogens is 5. The van der Waals surface area contributed by atoms with E-state index in [-0.39, 0.29) is 0 Å². The number of fused-ring (bicyclic) bond motifs is 1. The lowest BCUT2D eigenvalue weighted by Crippen LogP contribution is -2.37. The molecule has 3 heterocycles. The lowest BCUT2D eigenvalue weighted by molar-refractivity contribution is 0.122. The summed E-state index contributed by atoms with van der Waals surface area (Å²) in [6, 6.07) is 25.9. The maximum atomic E-state index is 5.49. The standard InChI is InChI=1S/C26H24N8O/c1-2-6-19(7-3-1)27-24-31-25(33-26(32-24)34-14-16-35-17-15-34)28-20-12-10-18(11-13-20)23-29-21-8-4-5-9-22(21)30-23/h1-13H,14-17H2,(H,29,30)(H2,27,28,31,32,33). The summed E-state index contributed by atoms with van der Waals surface area (Å²) >= 11 is 0. The zero-order chi connectivity index (χ0) is 23.5. The summed E-state index contributed by atoms with van der Waals surface area (Å²) < 4.78 is 5.49. The third kappa shape index (κ3) is 4.75. The molecule has 5 aromatic rings. The summed E-state index contributed by atoms with van der Waals surface area (Å²) in [5.74, 6) is 2.40. The van der Waals surface area contributed by atoms with Crippen molar-refractivity contribution in [3.05, 3.63) is 78.9 Å². The Balaban J connectivity index is 1.26. The third-order valence-corrected chi connectivity index (χ3v) is 5.75. The number of ether oxygens (including phenoxy) is 1. The van der Waals surface area contributed by atoms with Gasteiger partial charge in [0.1, 0.15) is 5.82 Å². The van der Waals surface area contributed by atoms with Crippen LogP contribution in [0.1, 0.15) is 0 Å². The molecule has 0 saturated carbocycles. The largest absolute Gasteiger partial charge is 0.378 e. The number of benzene rings is 3. The first-order valence-corrected chi connectivity index (χ1v) is 11.5. The van der Waals surface area contributed by atoms with Crippen LogP contribution in [0, 0.1) is 0 Å². The Morgan fingerprint density at radius 3 is 2.06 bits per heavy atom. The van der Waals surface area contributed by atoms with Crippen molar-refractivity contribution < 1.29 is 4.74 Å². The van der Waals surface area contributed by atoms with Crippen molar-refractivity contribution >= 4 is 40.3 Å². The number of hydrogen-bond acceptors (Lipinski definition) is 8. The van der Waals surface area contributed by atoms with Crippen LogP contribution in [-0.4, -0.2) is 51.2 Å². The van der Waals surface area contributed by atoms with E-state index in [2.05, 4.69) is 40.5 Å². The molecule has 1 fully saturated rings. The van der Waals surface area contributed by atoms with Gasteiger partial charge in [-0.3, -0.25) is 0 Å². The summed E-state index contributed by atoms with van der Waals surface area (Å²) in [7, 11) is 0. The van der Waals surface area contributed by atoms with Crippen LogP contribution in [-0.2, 0) is 4.74 Å². The minimum absolute atomic E-state index is 0.469. The molecule has 0 spiro atoms. The van der Waals surface area contributed by atoms with Crippen molar-refractivity contribution in [2.75, 3.05) is 41.8 Å². The molecule has 0 aliphatic carbocycles. The second-order valence-electron chi connectivity index (χ2n) is 8.18. The highest BCUT2D eigenvalue weighted by atomic mass is 16.5. The molecular formula is C26H24N8O. The Morgan fingerprint density at radius 2 is 1.34 bits per heavy atom. The van der Waals surface area contributed by atoms with Crippen LogP contribution in [0.25, 0.3) is 22.4 Å². The van der Waals surface area contributed by atoms with Crippen molar-refractivity contribution in [2.45, 2.75) is 0 Å². The van der Waals surface area contributed by atoms with Gasteiger partial charge >= 0.3 is 0 Å². The van der Waals surface area contributed by atoms with Crippen molar-refractivity contribution in [3.8, 4) is 11.4 Å². The number of anilines is 5. The van der Waals surface area contributed by atoms with E-state index in [1.807, 2.05) is 78.9 Å². The SMILES string of the molecule is c1ccc(Nc2nc(Nc3ccc(-c4nc5ccccc5[nH]4)cc3)nc(N3CCOCC3)n2)cc1. The highest BCUT2D eigenvalue weighted by Gasteiger charge is 2.17. The Hall–Kier alpha value is -4.50. The fraction of sp³-hybridized carbons (Fsp3) is 0.154. The number of aromatic amines is 1. The Bertz CT molecular complexity index is 1400. The van der Waals surface area contributed by atoms with Crippen LogP contribution < -0.4 is 15.5 Å². The van der Waals surface area contributed by atoms with Gasteiger partial charge in [0.15, 0.2) is 0 Å². The molecule has 0 amide bonds. The summed E-state index contributed by atoms with van der Waals surface area (Å²) in [5.41, 5.74) is 4.75. The molecule has 1 aliphatic rings. The van der Waals surface area contributed by atoms with Crippen LogP contribution in [0.2, 0.25) is 0 Å². The monoisotopic (exact) mass is 464 g/mol. The van der Waals surface area contributed by atoms with E-state index in [0.29, 0.717) is 31.1 Å². The number of H-pyrrole nitrogens is 1. The molecule has 1 aliphatic heterocycles. The fourth-order valence-electron chi connectivity index (χ4n) is 3.96. The summed E-state index contributed by atoms with van der Waals surface area (Å²) in [6.45, 7) is 2.78. The fourth-order valence-corrected chi connectivity index (χ4v) is 3.96. The minimum atomic E-state index is 0.469. The average molecular weight is 465 g/mol. The van der Waals surface area contributed by atoms with Crippen molar-refractivity contribution in [1.29, 1.82) is 0 Å². The van der Waals surface area contributed by atoms with E-state index in [0.717, 1.165) is 46.9 Å². The molecule has 9 nitrogen and oxygen atoms in total. The molecule has 0 atom stereocenters. The number of imidazole rings is 1. The molecule has 1 saturated heterocycles. The molecule has 9 heteroatoms. The number of nitrogens with zero attached hydrogens (tertiary/aromatic N) is 5. The quantitative estimate of drug-likeness (QED) is 0.331. The normalized spacial score (nSPS) is 13.7. The lowest BCUT2D eigenvalue weighted by Gasteiger charge is -2.27. The van der Waals surface area contributed by atoms with Crippen molar-refractivity contribution in [2.24, 2.45) is 0 Å². The van der Waals surface area contributed by atoms with Gasteiger partial charge < -0.3 is 25.3 Å². The first-order valence-electron chi connectivity index (χ1n) is 11.5.